The number of ketones is 2. The van der Waals surface area contributed by atoms with Gasteiger partial charge in [0.2, 0.25) is 0 Å². The molecule has 0 N–H and O–H groups in total. The first kappa shape index (κ1) is 18.9. The molecule has 0 amide bonds. The second-order valence-electron chi connectivity index (χ2n) is 7.22. The predicted molar refractivity (Wildman–Crippen MR) is 99.5 cm³/mol. The van der Waals surface area contributed by atoms with Gasteiger partial charge in [-0.1, -0.05) is 57.4 Å². The number of benzene rings is 1. The second kappa shape index (κ2) is 9.76. The highest BCUT2D eigenvalue weighted by atomic mass is 16.1. The number of hydrogen-bond donors (Lipinski definition) is 0. The highest BCUT2D eigenvalue weighted by Gasteiger charge is 2.26. The van der Waals surface area contributed by atoms with Crippen LogP contribution in [0.5, 0.6) is 0 Å². The fourth-order valence-corrected chi connectivity index (χ4v) is 3.84. The summed E-state index contributed by atoms with van der Waals surface area (Å²) in [4.78, 5) is 24.0. The minimum atomic E-state index is 0.273. The van der Waals surface area contributed by atoms with Crippen molar-refractivity contribution in [3.63, 3.8) is 0 Å². The lowest BCUT2D eigenvalue weighted by atomic mass is 9.76. The maximum Gasteiger partial charge on any atom is 0.162 e. The van der Waals surface area contributed by atoms with Crippen molar-refractivity contribution in [2.75, 3.05) is 0 Å². The van der Waals surface area contributed by atoms with Crippen LogP contribution in [-0.2, 0) is 4.79 Å². The van der Waals surface area contributed by atoms with E-state index in [0.717, 1.165) is 44.1 Å². The molecule has 1 fully saturated rings. The smallest absolute Gasteiger partial charge is 0.162 e. The van der Waals surface area contributed by atoms with Crippen LogP contribution in [0.25, 0.3) is 0 Å². The molecule has 0 aliphatic heterocycles. The third kappa shape index (κ3) is 5.29. The third-order valence-electron chi connectivity index (χ3n) is 5.49. The molecular weight excluding hydrogens is 296 g/mol. The number of rotatable bonds is 9. The molecule has 2 heteroatoms. The summed E-state index contributed by atoms with van der Waals surface area (Å²) >= 11 is 0. The quantitative estimate of drug-likeness (QED) is 0.406. The summed E-state index contributed by atoms with van der Waals surface area (Å²) < 4.78 is 0. The molecule has 0 spiro atoms. The van der Waals surface area contributed by atoms with Crippen molar-refractivity contribution in [1.29, 1.82) is 0 Å². The Labute approximate surface area is 147 Å². The van der Waals surface area contributed by atoms with Crippen molar-refractivity contribution in [2.45, 2.75) is 84.0 Å². The van der Waals surface area contributed by atoms with E-state index in [0.29, 0.717) is 24.5 Å². The fourth-order valence-electron chi connectivity index (χ4n) is 3.84. The average molecular weight is 328 g/mol. The minimum Gasteiger partial charge on any atom is -0.299 e. The average Bonchev–Trinajstić information content (AvgIpc) is 2.64. The van der Waals surface area contributed by atoms with Crippen molar-refractivity contribution in [3.05, 3.63) is 35.4 Å². The largest absolute Gasteiger partial charge is 0.299 e. The van der Waals surface area contributed by atoms with Crippen LogP contribution in [0.1, 0.15) is 99.9 Å². The number of carbonyl (C=O) groups excluding carboxylic acids is 2. The first-order chi connectivity index (χ1) is 11.7. The lowest BCUT2D eigenvalue weighted by molar-refractivity contribution is -0.123. The molecular formula is C22H32O2. The van der Waals surface area contributed by atoms with Gasteiger partial charge in [0.15, 0.2) is 5.78 Å². The number of Topliss-reactive ketones (excluding diaryl/α,β-unsaturated/α-hetero) is 2. The zero-order chi connectivity index (χ0) is 17.4. The Morgan fingerprint density at radius 1 is 0.917 bits per heavy atom. The van der Waals surface area contributed by atoms with Crippen LogP contribution < -0.4 is 0 Å². The summed E-state index contributed by atoms with van der Waals surface area (Å²) in [7, 11) is 0. The molecule has 132 valence electrons. The van der Waals surface area contributed by atoms with Crippen molar-refractivity contribution in [2.24, 2.45) is 5.92 Å². The maximum absolute atomic E-state index is 12.2. The van der Waals surface area contributed by atoms with Gasteiger partial charge in [0.1, 0.15) is 5.78 Å². The summed E-state index contributed by atoms with van der Waals surface area (Å²) in [6.45, 7) is 4.15. The van der Waals surface area contributed by atoms with Crippen molar-refractivity contribution in [3.8, 4) is 0 Å². The summed E-state index contributed by atoms with van der Waals surface area (Å²) in [5.41, 5.74) is 2.19. The molecule has 24 heavy (non-hydrogen) atoms. The van der Waals surface area contributed by atoms with Gasteiger partial charge in [-0.05, 0) is 43.6 Å². The zero-order valence-corrected chi connectivity index (χ0v) is 15.4. The van der Waals surface area contributed by atoms with E-state index in [2.05, 4.69) is 19.1 Å². The van der Waals surface area contributed by atoms with Gasteiger partial charge in [0, 0.05) is 24.3 Å². The Morgan fingerprint density at radius 3 is 2.17 bits per heavy atom. The molecule has 2 nitrogen and oxygen atoms in total. The summed E-state index contributed by atoms with van der Waals surface area (Å²) in [5, 5.41) is 0. The molecule has 0 bridgehead atoms. The molecule has 1 aromatic carbocycles. The molecule has 0 unspecified atom stereocenters. The van der Waals surface area contributed by atoms with Crippen LogP contribution in [0.4, 0.5) is 0 Å². The number of carbonyl (C=O) groups is 2. The van der Waals surface area contributed by atoms with E-state index < -0.39 is 0 Å². The summed E-state index contributed by atoms with van der Waals surface area (Å²) in [6.07, 6.45) is 10.2. The van der Waals surface area contributed by atoms with Crippen LogP contribution in [0.15, 0.2) is 24.3 Å². The molecule has 0 atom stereocenters. The van der Waals surface area contributed by atoms with E-state index in [9.17, 15) is 9.59 Å². The first-order valence-electron chi connectivity index (χ1n) is 9.81. The Balaban J connectivity index is 1.84. The molecule has 1 aromatic rings. The highest BCUT2D eigenvalue weighted by Crippen LogP contribution is 2.36. The Kier molecular flexibility index (Phi) is 7.68. The normalized spacial score (nSPS) is 20.8. The molecule has 1 aliphatic carbocycles. The van der Waals surface area contributed by atoms with Gasteiger partial charge >= 0.3 is 0 Å². The topological polar surface area (TPSA) is 34.1 Å². The second-order valence-corrected chi connectivity index (χ2v) is 7.22. The van der Waals surface area contributed by atoms with Gasteiger partial charge < -0.3 is 0 Å². The van der Waals surface area contributed by atoms with Crippen LogP contribution in [0.2, 0.25) is 0 Å². The van der Waals surface area contributed by atoms with Crippen molar-refractivity contribution >= 4 is 11.6 Å². The third-order valence-corrected chi connectivity index (χ3v) is 5.49. The monoisotopic (exact) mass is 328 g/mol. The van der Waals surface area contributed by atoms with Gasteiger partial charge in [0.25, 0.3) is 0 Å². The number of unbranched alkanes of at least 4 members (excludes halogenated alkanes) is 3. The molecule has 0 saturated heterocycles. The van der Waals surface area contributed by atoms with Gasteiger partial charge in [0.05, 0.1) is 0 Å². The Hall–Kier alpha value is -1.44. The number of hydrogen-bond acceptors (Lipinski definition) is 2. The highest BCUT2D eigenvalue weighted by molar-refractivity contribution is 5.96. The van der Waals surface area contributed by atoms with Gasteiger partial charge in [-0.25, -0.2) is 0 Å². The lowest BCUT2D eigenvalue weighted by Gasteiger charge is -2.27. The predicted octanol–water partition coefficient (Wildman–Crippen LogP) is 6.09. The van der Waals surface area contributed by atoms with E-state index >= 15 is 0 Å². The van der Waals surface area contributed by atoms with Crippen LogP contribution in [0, 0.1) is 5.92 Å². The van der Waals surface area contributed by atoms with Crippen molar-refractivity contribution < 1.29 is 9.59 Å². The fraction of sp³-hybridized carbons (Fsp3) is 0.636. The maximum atomic E-state index is 12.2. The van der Waals surface area contributed by atoms with E-state index in [1.165, 1.54) is 18.4 Å². The van der Waals surface area contributed by atoms with E-state index in [4.69, 9.17) is 0 Å². The van der Waals surface area contributed by atoms with E-state index in [1.54, 1.807) is 0 Å². The molecule has 0 heterocycles. The molecule has 1 aliphatic rings. The van der Waals surface area contributed by atoms with E-state index in [-0.39, 0.29) is 11.7 Å². The van der Waals surface area contributed by atoms with Crippen LogP contribution in [0.3, 0.4) is 0 Å². The first-order valence-corrected chi connectivity index (χ1v) is 9.81. The van der Waals surface area contributed by atoms with Crippen molar-refractivity contribution in [1.82, 2.24) is 0 Å². The van der Waals surface area contributed by atoms with Gasteiger partial charge in [-0.2, -0.15) is 0 Å². The Morgan fingerprint density at radius 2 is 1.58 bits per heavy atom. The summed E-state index contributed by atoms with van der Waals surface area (Å²) in [5.74, 6) is 1.54. The van der Waals surface area contributed by atoms with Gasteiger partial charge in [-0.3, -0.25) is 9.59 Å². The molecule has 2 rings (SSSR count). The molecule has 1 saturated carbocycles. The lowest BCUT2D eigenvalue weighted by Crippen LogP contribution is -2.20. The molecule has 0 radical (unpaired) electrons. The SMILES string of the molecule is CCCCCCC(=O)c1ccc(C2CCC(C(=O)CC)CC2)cc1. The van der Waals surface area contributed by atoms with Crippen LogP contribution in [-0.4, -0.2) is 11.6 Å². The summed E-state index contributed by atoms with van der Waals surface area (Å²) in [6, 6.07) is 8.26. The zero-order valence-electron chi connectivity index (χ0n) is 15.4. The Bertz CT molecular complexity index is 521. The van der Waals surface area contributed by atoms with Gasteiger partial charge in [-0.15, -0.1) is 0 Å². The standard InChI is InChI=1S/C22H32O2/c1-3-5-6-7-8-22(24)20-15-11-18(12-16-20)17-9-13-19(14-10-17)21(23)4-2/h11-12,15-17,19H,3-10,13-14H2,1-2H3. The van der Waals surface area contributed by atoms with E-state index in [1.807, 2.05) is 19.1 Å². The molecule has 0 aromatic heterocycles. The van der Waals surface area contributed by atoms with Crippen LogP contribution >= 0.6 is 0 Å². The minimum absolute atomic E-state index is 0.273.